The number of rotatable bonds is 19. The molecule has 6 N–H and O–H groups in total. The van der Waals surface area contributed by atoms with E-state index in [4.69, 9.17) is 0 Å². The van der Waals surface area contributed by atoms with Crippen LogP contribution in [0.4, 0.5) is 17.6 Å². The molecule has 322 valence electrons. The molecule has 1 aromatic heterocycles. The van der Waals surface area contributed by atoms with Gasteiger partial charge in [-0.05, 0) is 61.2 Å². The van der Waals surface area contributed by atoms with Crippen molar-refractivity contribution in [2.75, 3.05) is 7.11 Å². The van der Waals surface area contributed by atoms with Gasteiger partial charge in [0, 0.05) is 37.0 Å². The van der Waals surface area contributed by atoms with Gasteiger partial charge in [0.1, 0.15) is 47.4 Å². The van der Waals surface area contributed by atoms with Gasteiger partial charge in [0.2, 0.25) is 29.5 Å². The van der Waals surface area contributed by atoms with Crippen molar-refractivity contribution in [3.63, 3.8) is 0 Å². The van der Waals surface area contributed by atoms with E-state index in [2.05, 4.69) is 41.3 Å². The second kappa shape index (κ2) is 24.4. The van der Waals surface area contributed by atoms with Gasteiger partial charge in [-0.1, -0.05) is 50.1 Å². The lowest BCUT2D eigenvalue weighted by molar-refractivity contribution is -0.145. The molecule has 0 saturated carbocycles. The number of halogens is 4. The summed E-state index contributed by atoms with van der Waals surface area (Å²) < 4.78 is 57.6. The highest BCUT2D eigenvalue weighted by atomic mass is 19.1. The molecule has 0 aliphatic rings. The Hall–Kier alpha value is -6.59. The monoisotopic (exact) mass is 839 g/mol. The molecule has 0 aliphatic carbocycles. The van der Waals surface area contributed by atoms with Gasteiger partial charge >= 0.3 is 5.97 Å². The van der Waals surface area contributed by atoms with Gasteiger partial charge in [-0.15, -0.1) is 0 Å². The second-order valence-electron chi connectivity index (χ2n) is 13.8. The summed E-state index contributed by atoms with van der Waals surface area (Å²) in [5, 5.41) is 12.9. The number of hydrogen-bond donors (Lipinski definition) is 6. The van der Waals surface area contributed by atoms with Crippen molar-refractivity contribution in [3.8, 4) is 0 Å². The Morgan fingerprint density at radius 2 is 1.18 bits per heavy atom. The number of nitrogens with zero attached hydrogens (tertiary/aromatic N) is 1. The Kier molecular flexibility index (Phi) is 19.4. The van der Waals surface area contributed by atoms with Gasteiger partial charge in [0.05, 0.1) is 26.3 Å². The third-order valence-electron chi connectivity index (χ3n) is 8.69. The molecule has 18 heteroatoms. The highest BCUT2D eigenvalue weighted by molar-refractivity contribution is 5.92. The molecule has 4 aromatic rings. The summed E-state index contributed by atoms with van der Waals surface area (Å²) in [4.78, 5) is 80.3. The molecule has 0 unspecified atom stereocenters. The SMILES string of the molecule is CCCC[C@H](NC(=O)[C@H](C)NC(=O)Cc1cc(F)cc(F)c1)C(=O)NCc1ccccc1.COC(=O)[C@H](Cc1cnc[nH]1)NC(=O)[C@H](C)NC(=O)Cc1cc(F)cc(F)c1. The number of esters is 1. The first-order valence-corrected chi connectivity index (χ1v) is 19.0. The van der Waals surface area contributed by atoms with Gasteiger partial charge in [0.15, 0.2) is 0 Å². The minimum absolute atomic E-state index is 0.127. The molecule has 60 heavy (non-hydrogen) atoms. The molecule has 5 amide bonds. The zero-order valence-corrected chi connectivity index (χ0v) is 33.6. The number of carbonyl (C=O) groups excluding carboxylic acids is 6. The number of aromatic nitrogens is 2. The highest BCUT2D eigenvalue weighted by Gasteiger charge is 2.26. The van der Waals surface area contributed by atoms with Gasteiger partial charge in [-0.25, -0.2) is 27.3 Å². The van der Waals surface area contributed by atoms with Gasteiger partial charge < -0.3 is 36.3 Å². The quantitative estimate of drug-likeness (QED) is 0.0608. The lowest BCUT2D eigenvalue weighted by Crippen LogP contribution is -2.52. The first kappa shape index (κ1) is 47.8. The topological polar surface area (TPSA) is 200 Å². The van der Waals surface area contributed by atoms with Gasteiger partial charge in [-0.2, -0.15) is 0 Å². The Morgan fingerprint density at radius 3 is 1.63 bits per heavy atom. The fourth-order valence-corrected chi connectivity index (χ4v) is 5.64. The van der Waals surface area contributed by atoms with Crippen LogP contribution < -0.4 is 26.6 Å². The van der Waals surface area contributed by atoms with Crippen LogP contribution in [0.25, 0.3) is 0 Å². The zero-order valence-electron chi connectivity index (χ0n) is 33.6. The number of hydrogen-bond acceptors (Lipinski definition) is 8. The minimum Gasteiger partial charge on any atom is -0.467 e. The first-order valence-electron chi connectivity index (χ1n) is 19.0. The normalized spacial score (nSPS) is 12.6. The van der Waals surface area contributed by atoms with Crippen LogP contribution in [-0.4, -0.2) is 76.8 Å². The summed E-state index contributed by atoms with van der Waals surface area (Å²) in [7, 11) is 1.19. The Bertz CT molecular complexity index is 2010. The third-order valence-corrected chi connectivity index (χ3v) is 8.69. The predicted molar refractivity (Wildman–Crippen MR) is 211 cm³/mol. The Labute approximate surface area is 344 Å². The van der Waals surface area contributed by atoms with Gasteiger partial charge in [-0.3, -0.25) is 24.0 Å². The summed E-state index contributed by atoms with van der Waals surface area (Å²) in [6, 6.07) is 11.4. The number of methoxy groups -OCH3 is 1. The van der Waals surface area contributed by atoms with Crippen LogP contribution in [0.5, 0.6) is 0 Å². The molecule has 0 aliphatic heterocycles. The van der Waals surface area contributed by atoms with E-state index in [0.29, 0.717) is 24.7 Å². The van der Waals surface area contributed by atoms with Crippen molar-refractivity contribution < 1.29 is 51.1 Å². The zero-order chi connectivity index (χ0) is 44.2. The van der Waals surface area contributed by atoms with E-state index in [9.17, 15) is 46.3 Å². The highest BCUT2D eigenvalue weighted by Crippen LogP contribution is 2.11. The Balaban J connectivity index is 0.000000323. The predicted octanol–water partition coefficient (Wildman–Crippen LogP) is 3.64. The maximum Gasteiger partial charge on any atom is 0.328 e. The number of carbonyl (C=O) groups is 6. The Morgan fingerprint density at radius 1 is 0.683 bits per heavy atom. The van der Waals surface area contributed by atoms with Crippen LogP contribution in [-0.2, 0) is 59.3 Å². The summed E-state index contributed by atoms with van der Waals surface area (Å²) in [5.74, 6) is -6.40. The van der Waals surface area contributed by atoms with Crippen molar-refractivity contribution in [2.24, 2.45) is 0 Å². The molecule has 4 atom stereocenters. The number of imidazole rings is 1. The largest absolute Gasteiger partial charge is 0.467 e. The van der Waals surface area contributed by atoms with Crippen molar-refractivity contribution in [2.45, 2.75) is 90.0 Å². The molecule has 1 heterocycles. The van der Waals surface area contributed by atoms with E-state index in [1.165, 1.54) is 33.5 Å². The van der Waals surface area contributed by atoms with E-state index in [1.54, 1.807) is 0 Å². The van der Waals surface area contributed by atoms with Crippen LogP contribution in [0.1, 0.15) is 62.4 Å². The lowest BCUT2D eigenvalue weighted by Gasteiger charge is -2.21. The van der Waals surface area contributed by atoms with Crippen molar-refractivity contribution in [1.82, 2.24) is 36.6 Å². The van der Waals surface area contributed by atoms with E-state index in [1.807, 2.05) is 37.3 Å². The minimum atomic E-state index is -0.986. The van der Waals surface area contributed by atoms with Crippen LogP contribution in [0, 0.1) is 23.3 Å². The molecule has 0 spiro atoms. The van der Waals surface area contributed by atoms with Crippen molar-refractivity contribution in [3.05, 3.63) is 125 Å². The maximum atomic E-state index is 13.3. The van der Waals surface area contributed by atoms with Crippen LogP contribution in [0.3, 0.4) is 0 Å². The average Bonchev–Trinajstić information content (AvgIpc) is 3.70. The average molecular weight is 840 g/mol. The van der Waals surface area contributed by atoms with E-state index < -0.39 is 77.0 Å². The number of amides is 5. The molecule has 4 rings (SSSR count). The first-order chi connectivity index (χ1) is 28.6. The standard InChI is InChI=1S/C24H29F2N3O3.C18H20F2N4O4/c1-3-4-10-21(24(32)27-15-17-8-6-5-7-9-17)29-23(31)16(2)28-22(30)13-18-11-19(25)14-20(26)12-18;1-10(23-16(25)5-11-3-12(19)6-13(20)4-11)17(26)24-15(18(27)28-2)7-14-8-21-9-22-14/h5-9,11-12,14,16,21H,3-4,10,13,15H2,1-2H3,(H,27,32)(H,28,30)(H,29,31);3-4,6,8-10,15H,5,7H2,1-2H3,(H,21,22)(H,23,25)(H,24,26)/t16-,21-;10-,15-/m00/s1. The van der Waals surface area contributed by atoms with Crippen LogP contribution in [0.15, 0.2) is 79.3 Å². The maximum absolute atomic E-state index is 13.3. The van der Waals surface area contributed by atoms with Crippen LogP contribution >= 0.6 is 0 Å². The fraction of sp³-hybridized carbons (Fsp3) is 0.357. The van der Waals surface area contributed by atoms with Crippen molar-refractivity contribution in [1.29, 1.82) is 0 Å². The molecule has 0 fully saturated rings. The van der Waals surface area contributed by atoms with Crippen molar-refractivity contribution >= 4 is 35.5 Å². The second-order valence-corrected chi connectivity index (χ2v) is 13.8. The summed E-state index contributed by atoms with van der Waals surface area (Å²) in [5.41, 5.74) is 1.85. The summed E-state index contributed by atoms with van der Waals surface area (Å²) in [6.45, 7) is 5.23. The van der Waals surface area contributed by atoms with E-state index >= 15 is 0 Å². The summed E-state index contributed by atoms with van der Waals surface area (Å²) in [6.07, 6.45) is 4.55. The molecule has 14 nitrogen and oxygen atoms in total. The summed E-state index contributed by atoms with van der Waals surface area (Å²) >= 11 is 0. The number of benzene rings is 3. The molecule has 0 bridgehead atoms. The fourth-order valence-electron chi connectivity index (χ4n) is 5.64. The molecule has 3 aromatic carbocycles. The van der Waals surface area contributed by atoms with E-state index in [-0.39, 0.29) is 36.3 Å². The molecular weight excluding hydrogens is 790 g/mol. The number of ether oxygens (including phenoxy) is 1. The number of aromatic amines is 1. The third kappa shape index (κ3) is 17.1. The molecule has 0 saturated heterocycles. The van der Waals surface area contributed by atoms with E-state index in [0.717, 1.165) is 48.7 Å². The number of unbranched alkanes of at least 4 members (excludes halogenated alkanes) is 1. The molecule has 0 radical (unpaired) electrons. The molecular formula is C42H49F4N7O7. The van der Waals surface area contributed by atoms with Crippen LogP contribution in [0.2, 0.25) is 0 Å². The smallest absolute Gasteiger partial charge is 0.328 e. The lowest BCUT2D eigenvalue weighted by atomic mass is 10.1. The number of H-pyrrole nitrogens is 1. The number of nitrogens with one attached hydrogen (secondary N) is 6. The van der Waals surface area contributed by atoms with Gasteiger partial charge in [0.25, 0.3) is 0 Å².